The minimum absolute atomic E-state index is 0.110. The maximum absolute atomic E-state index is 12.7. The summed E-state index contributed by atoms with van der Waals surface area (Å²) in [5.74, 6) is 1.01. The van der Waals surface area contributed by atoms with Crippen LogP contribution in [0.2, 0.25) is 0 Å². The molecule has 8 nitrogen and oxygen atoms in total. The number of nitrogens with zero attached hydrogens (tertiary/aromatic N) is 4. The molecule has 0 unspecified atom stereocenters. The predicted octanol–water partition coefficient (Wildman–Crippen LogP) is 1.97. The molecule has 1 saturated heterocycles. The number of ether oxygens (including phenoxy) is 1. The van der Waals surface area contributed by atoms with Crippen LogP contribution in [0.5, 0.6) is 0 Å². The van der Waals surface area contributed by atoms with Crippen molar-refractivity contribution in [2.45, 2.75) is 13.3 Å². The van der Waals surface area contributed by atoms with Crippen molar-refractivity contribution in [1.29, 1.82) is 0 Å². The van der Waals surface area contributed by atoms with Gasteiger partial charge in [0.2, 0.25) is 0 Å². The number of amides is 1. The molecule has 2 heterocycles. The Morgan fingerprint density at radius 3 is 2.38 bits per heavy atom. The van der Waals surface area contributed by atoms with E-state index in [4.69, 9.17) is 14.6 Å². The summed E-state index contributed by atoms with van der Waals surface area (Å²) in [5, 5.41) is 6.89. The molecule has 1 aromatic heterocycles. The van der Waals surface area contributed by atoms with Crippen molar-refractivity contribution in [1.82, 2.24) is 19.4 Å². The monoisotopic (exact) mass is 402 g/mol. The van der Waals surface area contributed by atoms with Crippen molar-refractivity contribution >= 4 is 12.4 Å². The van der Waals surface area contributed by atoms with Crippen molar-refractivity contribution in [3.8, 4) is 11.4 Å². The lowest BCUT2D eigenvalue weighted by Gasteiger charge is -2.34. The van der Waals surface area contributed by atoms with Gasteiger partial charge in [0.05, 0.1) is 6.61 Å². The van der Waals surface area contributed by atoms with Crippen LogP contribution < -0.4 is 0 Å². The highest BCUT2D eigenvalue weighted by Crippen LogP contribution is 2.18. The first-order valence-electron chi connectivity index (χ1n) is 9.85. The Kier molecular flexibility index (Phi) is 9.33. The van der Waals surface area contributed by atoms with Gasteiger partial charge in [-0.3, -0.25) is 14.5 Å². The maximum Gasteiger partial charge on any atom is 0.290 e. The first-order chi connectivity index (χ1) is 14.1. The van der Waals surface area contributed by atoms with E-state index in [1.807, 2.05) is 47.0 Å². The number of hydrogen-bond acceptors (Lipinski definition) is 5. The van der Waals surface area contributed by atoms with Gasteiger partial charge in [-0.1, -0.05) is 19.1 Å². The number of rotatable bonds is 7. The molecule has 1 N–H and O–H groups in total. The van der Waals surface area contributed by atoms with E-state index < -0.39 is 0 Å². The highest BCUT2D eigenvalue weighted by atomic mass is 16.5. The molecule has 29 heavy (non-hydrogen) atoms. The van der Waals surface area contributed by atoms with Crippen LogP contribution >= 0.6 is 0 Å². The Labute approximate surface area is 171 Å². The fourth-order valence-corrected chi connectivity index (χ4v) is 3.20. The first kappa shape index (κ1) is 22.6. The molecule has 1 fully saturated rings. The smallest absolute Gasteiger partial charge is 0.290 e. The SMILES string of the molecule is CCCOCCN1CCN(C(=O)c2ccc(-c3nccn3C)cc2)CC1.O=CO. The highest BCUT2D eigenvalue weighted by Gasteiger charge is 2.22. The zero-order valence-corrected chi connectivity index (χ0v) is 17.2. The average molecular weight is 402 g/mol. The van der Waals surface area contributed by atoms with Gasteiger partial charge in [-0.15, -0.1) is 0 Å². The molecule has 8 heteroatoms. The molecule has 0 saturated carbocycles. The Hall–Kier alpha value is -2.71. The number of hydrogen-bond donors (Lipinski definition) is 1. The zero-order chi connectivity index (χ0) is 21.1. The molecule has 158 valence electrons. The minimum atomic E-state index is -0.250. The summed E-state index contributed by atoms with van der Waals surface area (Å²) in [6.07, 6.45) is 4.75. The third kappa shape index (κ3) is 6.69. The summed E-state index contributed by atoms with van der Waals surface area (Å²) in [5.41, 5.74) is 1.76. The second-order valence-corrected chi connectivity index (χ2v) is 6.79. The summed E-state index contributed by atoms with van der Waals surface area (Å²) in [7, 11) is 1.97. The van der Waals surface area contributed by atoms with E-state index in [1.165, 1.54) is 0 Å². The Morgan fingerprint density at radius 2 is 1.83 bits per heavy atom. The van der Waals surface area contributed by atoms with Crippen LogP contribution in [0.1, 0.15) is 23.7 Å². The fourth-order valence-electron chi connectivity index (χ4n) is 3.20. The van der Waals surface area contributed by atoms with Crippen LogP contribution in [-0.4, -0.2) is 82.8 Å². The fraction of sp³-hybridized carbons (Fsp3) is 0.476. The topological polar surface area (TPSA) is 87.9 Å². The minimum Gasteiger partial charge on any atom is -0.483 e. The van der Waals surface area contributed by atoms with E-state index in [0.717, 1.165) is 69.3 Å². The molecule has 0 bridgehead atoms. The maximum atomic E-state index is 12.7. The van der Waals surface area contributed by atoms with E-state index in [-0.39, 0.29) is 12.4 Å². The number of imidazole rings is 1. The lowest BCUT2D eigenvalue weighted by atomic mass is 10.1. The molecule has 2 aromatic rings. The van der Waals surface area contributed by atoms with Crippen molar-refractivity contribution in [2.75, 3.05) is 45.9 Å². The van der Waals surface area contributed by atoms with Gasteiger partial charge in [-0.2, -0.15) is 0 Å². The standard InChI is InChI=1S/C20H28N4O2.CH2O2/c1-3-15-26-16-14-23-10-12-24(13-11-23)20(25)18-6-4-17(5-7-18)19-21-8-9-22(19)2;2-1-3/h4-9H,3,10-16H2,1-2H3;1H,(H,2,3). The molecule has 0 atom stereocenters. The molecule has 0 aliphatic carbocycles. The molecule has 1 amide bonds. The van der Waals surface area contributed by atoms with E-state index >= 15 is 0 Å². The van der Waals surface area contributed by atoms with Crippen molar-refractivity contribution < 1.29 is 19.4 Å². The number of piperazine rings is 1. The molecule has 1 aliphatic heterocycles. The average Bonchev–Trinajstić information content (AvgIpc) is 3.18. The Bertz CT molecular complexity index is 752. The van der Waals surface area contributed by atoms with Gasteiger partial charge in [-0.25, -0.2) is 4.98 Å². The summed E-state index contributed by atoms with van der Waals surface area (Å²) in [4.78, 5) is 29.7. The number of aryl methyl sites for hydroxylation is 1. The quantitative estimate of drug-likeness (QED) is 0.563. The molecule has 0 spiro atoms. The lowest BCUT2D eigenvalue weighted by Crippen LogP contribution is -2.49. The van der Waals surface area contributed by atoms with E-state index in [9.17, 15) is 4.79 Å². The number of carbonyl (C=O) groups excluding carboxylic acids is 1. The Morgan fingerprint density at radius 1 is 1.17 bits per heavy atom. The highest BCUT2D eigenvalue weighted by molar-refractivity contribution is 5.94. The predicted molar refractivity (Wildman–Crippen MR) is 111 cm³/mol. The van der Waals surface area contributed by atoms with Crippen molar-refractivity contribution in [2.24, 2.45) is 7.05 Å². The molecular formula is C21H30N4O4. The molecule has 1 aliphatic rings. The molecule has 3 rings (SSSR count). The number of carboxylic acid groups (broad SMARTS) is 1. The van der Waals surface area contributed by atoms with Gasteiger partial charge in [0, 0.05) is 69.9 Å². The van der Waals surface area contributed by atoms with E-state index in [1.54, 1.807) is 6.20 Å². The van der Waals surface area contributed by atoms with Crippen molar-refractivity contribution in [3.63, 3.8) is 0 Å². The van der Waals surface area contributed by atoms with Crippen LogP contribution in [0.15, 0.2) is 36.7 Å². The summed E-state index contributed by atoms with van der Waals surface area (Å²) in [6, 6.07) is 7.74. The second kappa shape index (κ2) is 12.0. The second-order valence-electron chi connectivity index (χ2n) is 6.79. The van der Waals surface area contributed by atoms with Crippen LogP contribution in [-0.2, 0) is 16.6 Å². The number of benzene rings is 1. The van der Waals surface area contributed by atoms with Gasteiger partial charge in [-0.05, 0) is 18.6 Å². The van der Waals surface area contributed by atoms with Gasteiger partial charge in [0.25, 0.3) is 12.4 Å². The lowest BCUT2D eigenvalue weighted by molar-refractivity contribution is -0.122. The number of carbonyl (C=O) groups is 2. The van der Waals surface area contributed by atoms with Crippen LogP contribution in [0.25, 0.3) is 11.4 Å². The largest absolute Gasteiger partial charge is 0.483 e. The summed E-state index contributed by atoms with van der Waals surface area (Å²) >= 11 is 0. The zero-order valence-electron chi connectivity index (χ0n) is 17.2. The van der Waals surface area contributed by atoms with Crippen LogP contribution in [0.4, 0.5) is 0 Å². The van der Waals surface area contributed by atoms with Gasteiger partial charge >= 0.3 is 0 Å². The van der Waals surface area contributed by atoms with Crippen LogP contribution in [0, 0.1) is 0 Å². The van der Waals surface area contributed by atoms with E-state index in [2.05, 4.69) is 16.8 Å². The van der Waals surface area contributed by atoms with Gasteiger partial charge < -0.3 is 19.3 Å². The van der Waals surface area contributed by atoms with Gasteiger partial charge in [0.1, 0.15) is 5.82 Å². The molecule has 0 radical (unpaired) electrons. The summed E-state index contributed by atoms with van der Waals surface area (Å²) in [6.45, 7) is 7.78. The van der Waals surface area contributed by atoms with Crippen molar-refractivity contribution in [3.05, 3.63) is 42.2 Å². The van der Waals surface area contributed by atoms with Crippen LogP contribution in [0.3, 0.4) is 0 Å². The Balaban J connectivity index is 0.000000941. The molecule has 1 aromatic carbocycles. The normalized spacial score (nSPS) is 14.2. The van der Waals surface area contributed by atoms with E-state index in [0.29, 0.717) is 0 Å². The first-order valence-corrected chi connectivity index (χ1v) is 9.85. The van der Waals surface area contributed by atoms with Gasteiger partial charge in [0.15, 0.2) is 0 Å². The third-order valence-corrected chi connectivity index (χ3v) is 4.77. The number of aromatic nitrogens is 2. The third-order valence-electron chi connectivity index (χ3n) is 4.77. The molecular weight excluding hydrogens is 372 g/mol. The summed E-state index contributed by atoms with van der Waals surface area (Å²) < 4.78 is 7.52.